The van der Waals surface area contributed by atoms with Crippen LogP contribution in [-0.4, -0.2) is 124 Å². The first kappa shape index (κ1) is 45.1. The van der Waals surface area contributed by atoms with Gasteiger partial charge < -0.3 is 25.0 Å². The smallest absolute Gasteiger partial charge is 0.407 e. The van der Waals surface area contributed by atoms with Gasteiger partial charge >= 0.3 is 12.1 Å². The molecule has 5 saturated heterocycles. The summed E-state index contributed by atoms with van der Waals surface area (Å²) < 4.78 is 44.5. The molecule has 3 aromatic carbocycles. The van der Waals surface area contributed by atoms with Crippen LogP contribution in [-0.2, 0) is 20.7 Å². The number of nitrogens with one attached hydrogen (secondary N) is 3. The number of alkyl carbamates (subject to hydrolysis) is 1. The van der Waals surface area contributed by atoms with Crippen LogP contribution in [0.4, 0.5) is 19.4 Å². The van der Waals surface area contributed by atoms with Crippen molar-refractivity contribution in [3.8, 4) is 29.6 Å². The number of amides is 5. The van der Waals surface area contributed by atoms with Crippen molar-refractivity contribution in [3.05, 3.63) is 101 Å². The Morgan fingerprint density at radius 2 is 1.79 bits per heavy atom. The molecule has 2 aromatic heterocycles. The van der Waals surface area contributed by atoms with Gasteiger partial charge in [-0.05, 0) is 74.4 Å². The molecule has 70 heavy (non-hydrogen) atoms. The number of imide groups is 2. The number of ether oxygens (including phenoxy) is 2. The van der Waals surface area contributed by atoms with Crippen molar-refractivity contribution in [1.29, 1.82) is 0 Å². The van der Waals surface area contributed by atoms with Gasteiger partial charge in [-0.25, -0.2) is 13.6 Å². The number of halogens is 2. The number of carbonyl (C=O) groups excluding carboxylic acids is 5. The lowest BCUT2D eigenvalue weighted by molar-refractivity contribution is -0.136. The highest BCUT2D eigenvalue weighted by Gasteiger charge is 2.52. The van der Waals surface area contributed by atoms with Crippen molar-refractivity contribution < 1.29 is 42.2 Å². The molecule has 18 heteroatoms. The molecule has 0 radical (unpaired) electrons. The minimum atomic E-state index is -1.06. The third kappa shape index (κ3) is 7.86. The summed E-state index contributed by atoms with van der Waals surface area (Å²) in [7, 11) is 0. The maximum Gasteiger partial charge on any atom is 0.407 e. The lowest BCUT2D eigenvalue weighted by Gasteiger charge is -2.35. The summed E-state index contributed by atoms with van der Waals surface area (Å²) in [6, 6.07) is 12.4. The Labute approximate surface area is 401 Å². The molecule has 0 aliphatic carbocycles. The van der Waals surface area contributed by atoms with Crippen LogP contribution >= 0.6 is 0 Å². The summed E-state index contributed by atoms with van der Waals surface area (Å²) in [6.45, 7) is 6.72. The summed E-state index contributed by atoms with van der Waals surface area (Å²) >= 11 is 0. The summed E-state index contributed by atoms with van der Waals surface area (Å²) in [4.78, 5) is 83.6. The summed E-state index contributed by atoms with van der Waals surface area (Å²) in [6.07, 6.45) is 11.8. The first-order chi connectivity index (χ1) is 33.9. The van der Waals surface area contributed by atoms with Gasteiger partial charge in [0.1, 0.15) is 42.1 Å². The van der Waals surface area contributed by atoms with E-state index in [1.54, 1.807) is 48.7 Å². The normalized spacial score (nSPS) is 24.0. The number of fused-ring (bicyclic) bond motifs is 6. The van der Waals surface area contributed by atoms with E-state index >= 15 is 8.78 Å². The molecule has 0 saturated carbocycles. The van der Waals surface area contributed by atoms with Crippen LogP contribution in [0.5, 0.6) is 6.01 Å². The maximum atomic E-state index is 17.2. The van der Waals surface area contributed by atoms with E-state index < -0.39 is 52.9 Å². The third-order valence-electron chi connectivity index (χ3n) is 14.8. The van der Waals surface area contributed by atoms with Crippen molar-refractivity contribution >= 4 is 57.2 Å². The van der Waals surface area contributed by atoms with Gasteiger partial charge in [-0.3, -0.25) is 39.3 Å². The summed E-state index contributed by atoms with van der Waals surface area (Å²) in [5.74, 6) is -0.597. The first-order valence-corrected chi connectivity index (χ1v) is 23.8. The zero-order valence-electron chi connectivity index (χ0n) is 38.2. The highest BCUT2D eigenvalue weighted by molar-refractivity contribution is 6.24. The SMILES string of the molecule is C#Cc1c(F)ccc2cccc(-c3ncc4c(N5CC6CCC(C5)N6)nc(OC[C@@]56CC[C@@H](COC(=O)NCCCc7cccc8c7C(=O)N(C7CCC(=O)NC7=O)C8=O)N5CC(=C)C6)nc4c3F)c12. The van der Waals surface area contributed by atoms with Crippen molar-refractivity contribution in [3.63, 3.8) is 0 Å². The zero-order valence-corrected chi connectivity index (χ0v) is 38.2. The molecule has 5 atom stereocenters. The number of rotatable bonds is 12. The Balaban J connectivity index is 0.765. The Bertz CT molecular complexity index is 3110. The number of anilines is 1. The number of hydrogen-bond donors (Lipinski definition) is 3. The number of hydrogen-bond acceptors (Lipinski definition) is 13. The molecular formula is C52H49F2N9O7. The number of carbonyl (C=O) groups is 5. The van der Waals surface area contributed by atoms with Gasteiger partial charge in [0.15, 0.2) is 5.82 Å². The van der Waals surface area contributed by atoms with Crippen LogP contribution in [0, 0.1) is 24.0 Å². The predicted octanol–water partition coefficient (Wildman–Crippen LogP) is 5.35. The molecule has 3 N–H and O–H groups in total. The van der Waals surface area contributed by atoms with Crippen molar-refractivity contribution in [1.82, 2.24) is 40.7 Å². The minimum absolute atomic E-state index is 0.00619. The maximum absolute atomic E-state index is 17.2. The number of benzene rings is 3. The van der Waals surface area contributed by atoms with E-state index in [0.29, 0.717) is 84.8 Å². The number of nitrogens with zero attached hydrogens (tertiary/aromatic N) is 6. The zero-order chi connectivity index (χ0) is 48.4. The Morgan fingerprint density at radius 1 is 0.986 bits per heavy atom. The first-order valence-electron chi connectivity index (χ1n) is 23.8. The molecule has 358 valence electrons. The van der Waals surface area contributed by atoms with Gasteiger partial charge in [-0.1, -0.05) is 54.5 Å². The van der Waals surface area contributed by atoms with Gasteiger partial charge in [-0.2, -0.15) is 9.97 Å². The number of aromatic nitrogens is 3. The van der Waals surface area contributed by atoms with Crippen molar-refractivity contribution in [2.24, 2.45) is 0 Å². The Hall–Kier alpha value is -7.36. The average molecular weight is 950 g/mol. The topological polar surface area (TPSA) is 188 Å². The van der Waals surface area contributed by atoms with Gasteiger partial charge in [-0.15, -0.1) is 6.42 Å². The van der Waals surface area contributed by atoms with E-state index in [1.165, 1.54) is 6.07 Å². The Morgan fingerprint density at radius 3 is 2.59 bits per heavy atom. The van der Waals surface area contributed by atoms with Crippen LogP contribution in [0.25, 0.3) is 32.9 Å². The number of pyridine rings is 1. The predicted molar refractivity (Wildman–Crippen MR) is 253 cm³/mol. The quantitative estimate of drug-likeness (QED) is 0.0630. The fourth-order valence-electron chi connectivity index (χ4n) is 11.6. The molecule has 6 aliphatic heterocycles. The number of piperazine rings is 1. The van der Waals surface area contributed by atoms with E-state index in [4.69, 9.17) is 25.9 Å². The van der Waals surface area contributed by atoms with Gasteiger partial charge in [0.25, 0.3) is 11.8 Å². The second-order valence-electron chi connectivity index (χ2n) is 19.2. The van der Waals surface area contributed by atoms with E-state index in [2.05, 4.69) is 43.2 Å². The monoisotopic (exact) mass is 949 g/mol. The lowest BCUT2D eigenvalue weighted by atomic mass is 9.94. The van der Waals surface area contributed by atoms with Gasteiger partial charge in [0, 0.05) is 67.9 Å². The fourth-order valence-corrected chi connectivity index (χ4v) is 11.6. The van der Waals surface area contributed by atoms with E-state index in [9.17, 15) is 24.0 Å². The number of piperidine rings is 1. The number of aryl methyl sites for hydroxylation is 1. The van der Waals surface area contributed by atoms with Crippen LogP contribution in [0.15, 0.2) is 66.9 Å². The second-order valence-corrected chi connectivity index (χ2v) is 19.2. The van der Waals surface area contributed by atoms with Gasteiger partial charge in [0.2, 0.25) is 11.8 Å². The molecule has 8 heterocycles. The minimum Gasteiger partial charge on any atom is -0.461 e. The van der Waals surface area contributed by atoms with E-state index in [-0.39, 0.29) is 84.6 Å². The highest BCUT2D eigenvalue weighted by Crippen LogP contribution is 2.45. The third-order valence-corrected chi connectivity index (χ3v) is 14.8. The van der Waals surface area contributed by atoms with Crippen molar-refractivity contribution in [2.75, 3.05) is 44.3 Å². The summed E-state index contributed by atoms with van der Waals surface area (Å²) in [5.41, 5.74) is 1.91. The molecule has 3 unspecified atom stereocenters. The van der Waals surface area contributed by atoms with Crippen molar-refractivity contribution in [2.45, 2.75) is 87.5 Å². The number of terminal acetylenes is 1. The van der Waals surface area contributed by atoms with Crippen LogP contribution < -0.4 is 25.6 Å². The molecule has 5 aromatic rings. The van der Waals surface area contributed by atoms with Crippen LogP contribution in [0.3, 0.4) is 0 Å². The fraction of sp³-hybridized carbons (Fsp3) is 0.385. The Kier molecular flexibility index (Phi) is 11.5. The summed E-state index contributed by atoms with van der Waals surface area (Å²) in [5, 5.41) is 10.1. The molecule has 6 aliphatic rings. The van der Waals surface area contributed by atoms with Gasteiger partial charge in [0.05, 0.1) is 27.6 Å². The highest BCUT2D eigenvalue weighted by atomic mass is 19.1. The lowest BCUT2D eigenvalue weighted by Crippen LogP contribution is -2.54. The standard InChI is InChI=1S/C52H49F2N9O7/c1-3-34-38(53)15-12-30-8-4-10-35(41(30)34)44-43(54)45-37(22-56-44)46(61-24-31-13-14-32(25-61)57-31)60-50(59-45)70-27-52-19-18-33(62(52)23-28(2)21-52)26-69-51(68)55-20-6-9-29-7-5-11-36-42(29)49(67)63(48(36)66)39-16-17-40(64)58-47(39)65/h1,4-5,7-8,10-12,15,22,31-33,39,57H,2,6,9,13-14,16-21,23-27H2,(H,55,68)(H,58,64,65)/t31?,32?,33-,39?,52-/m0/s1. The molecule has 0 spiro atoms. The molecule has 5 amide bonds. The molecule has 11 rings (SSSR count). The van der Waals surface area contributed by atoms with E-state index in [0.717, 1.165) is 23.3 Å². The van der Waals surface area contributed by atoms with Crippen LogP contribution in [0.1, 0.15) is 83.2 Å². The van der Waals surface area contributed by atoms with E-state index in [1.807, 2.05) is 0 Å². The average Bonchev–Trinajstić information content (AvgIpc) is 4.06. The largest absolute Gasteiger partial charge is 0.461 e. The molecule has 2 bridgehead atoms. The van der Waals surface area contributed by atoms with Crippen LogP contribution in [0.2, 0.25) is 0 Å². The molecule has 5 fully saturated rings. The molecular weight excluding hydrogens is 901 g/mol. The molecule has 16 nitrogen and oxygen atoms in total. The second kappa shape index (κ2) is 17.9.